The molecule has 0 spiro atoms. The minimum absolute atomic E-state index is 0.555. The topological polar surface area (TPSA) is 12.4 Å². The number of rotatable bonds is 4. The zero-order chi connectivity index (χ0) is 14.4. The van der Waals surface area contributed by atoms with Crippen LogP contribution in [-0.2, 0) is 0 Å². The number of hydrogen-bond donors (Lipinski definition) is 0. The first-order valence-corrected chi connectivity index (χ1v) is 7.18. The Morgan fingerprint density at radius 2 is 1.65 bits per heavy atom. The van der Waals surface area contributed by atoms with Crippen LogP contribution in [-0.4, -0.2) is 5.87 Å². The molecule has 0 saturated heterocycles. The molecule has 0 aliphatic carbocycles. The minimum atomic E-state index is 0.555. The first-order valence-electron chi connectivity index (χ1n) is 7.18. The van der Waals surface area contributed by atoms with E-state index >= 15 is 0 Å². The smallest absolute Gasteiger partial charge is 0.0730 e. The molecule has 0 fully saturated rings. The van der Waals surface area contributed by atoms with Crippen molar-refractivity contribution in [2.45, 2.75) is 33.1 Å². The normalized spacial score (nSPS) is 10.2. The van der Waals surface area contributed by atoms with Gasteiger partial charge < -0.3 is 0 Å². The Hall–Kier alpha value is -2.11. The summed E-state index contributed by atoms with van der Waals surface area (Å²) < 4.78 is 0. The third kappa shape index (κ3) is 3.69. The number of aliphatic imine (C=N–C) groups is 1. The lowest BCUT2D eigenvalue weighted by molar-refractivity contribution is 0.867. The SMILES string of the molecule is CCC(=C=Nc1ccc(C(C)C)cc1)c1ccccc1. The van der Waals surface area contributed by atoms with Crippen LogP contribution in [0.5, 0.6) is 0 Å². The Bertz CT molecular complexity index is 600. The summed E-state index contributed by atoms with van der Waals surface area (Å²) >= 11 is 0. The van der Waals surface area contributed by atoms with Gasteiger partial charge in [-0.05, 0) is 41.5 Å². The van der Waals surface area contributed by atoms with E-state index < -0.39 is 0 Å². The van der Waals surface area contributed by atoms with Gasteiger partial charge in [-0.2, -0.15) is 0 Å². The molecule has 0 aliphatic rings. The van der Waals surface area contributed by atoms with E-state index in [9.17, 15) is 0 Å². The highest BCUT2D eigenvalue weighted by molar-refractivity contribution is 5.90. The quantitative estimate of drug-likeness (QED) is 0.636. The van der Waals surface area contributed by atoms with Crippen molar-refractivity contribution in [3.05, 3.63) is 65.7 Å². The molecule has 0 amide bonds. The third-order valence-electron chi connectivity index (χ3n) is 3.36. The lowest BCUT2D eigenvalue weighted by Crippen LogP contribution is -1.85. The Labute approximate surface area is 121 Å². The summed E-state index contributed by atoms with van der Waals surface area (Å²) in [5, 5.41) is 0. The van der Waals surface area contributed by atoms with Crippen LogP contribution in [0.15, 0.2) is 59.6 Å². The van der Waals surface area contributed by atoms with Crippen molar-refractivity contribution in [3.8, 4) is 0 Å². The van der Waals surface area contributed by atoms with Crippen molar-refractivity contribution in [2.24, 2.45) is 4.99 Å². The summed E-state index contributed by atoms with van der Waals surface area (Å²) in [4.78, 5) is 4.47. The molecular formula is C19H21N. The molecular weight excluding hydrogens is 242 g/mol. The van der Waals surface area contributed by atoms with E-state index in [-0.39, 0.29) is 0 Å². The lowest BCUT2D eigenvalue weighted by atomic mass is 10.0. The van der Waals surface area contributed by atoms with Gasteiger partial charge in [0, 0.05) is 5.57 Å². The fraction of sp³-hybridized carbons (Fsp3) is 0.263. The monoisotopic (exact) mass is 263 g/mol. The highest BCUT2D eigenvalue weighted by atomic mass is 14.7. The molecule has 20 heavy (non-hydrogen) atoms. The molecule has 0 radical (unpaired) electrons. The molecule has 0 heterocycles. The molecule has 0 saturated carbocycles. The van der Waals surface area contributed by atoms with Crippen LogP contribution in [0.4, 0.5) is 5.69 Å². The van der Waals surface area contributed by atoms with Gasteiger partial charge in [0.25, 0.3) is 0 Å². The van der Waals surface area contributed by atoms with Crippen LogP contribution in [0.2, 0.25) is 0 Å². The van der Waals surface area contributed by atoms with Crippen molar-refractivity contribution in [2.75, 3.05) is 0 Å². The second-order valence-electron chi connectivity index (χ2n) is 5.17. The highest BCUT2D eigenvalue weighted by Gasteiger charge is 1.99. The van der Waals surface area contributed by atoms with Crippen molar-refractivity contribution in [1.82, 2.24) is 0 Å². The molecule has 0 bridgehead atoms. The molecule has 0 aliphatic heterocycles. The summed E-state index contributed by atoms with van der Waals surface area (Å²) in [5.41, 5.74) is 4.62. The fourth-order valence-electron chi connectivity index (χ4n) is 2.05. The van der Waals surface area contributed by atoms with Gasteiger partial charge in [-0.1, -0.05) is 63.2 Å². The van der Waals surface area contributed by atoms with Gasteiger partial charge in [0.2, 0.25) is 0 Å². The Morgan fingerprint density at radius 3 is 2.20 bits per heavy atom. The molecule has 2 rings (SSSR count). The Balaban J connectivity index is 2.27. The predicted octanol–water partition coefficient (Wildman–Crippen LogP) is 5.60. The maximum absolute atomic E-state index is 4.47. The Kier molecular flexibility index (Phi) is 4.92. The molecule has 0 N–H and O–H groups in total. The Morgan fingerprint density at radius 1 is 1.00 bits per heavy atom. The first-order chi connectivity index (χ1) is 9.70. The minimum Gasteiger partial charge on any atom is -0.206 e. The van der Waals surface area contributed by atoms with Crippen LogP contribution in [0.25, 0.3) is 5.57 Å². The summed E-state index contributed by atoms with van der Waals surface area (Å²) in [7, 11) is 0. The number of nitrogens with zero attached hydrogens (tertiary/aromatic N) is 1. The van der Waals surface area contributed by atoms with Crippen LogP contribution >= 0.6 is 0 Å². The molecule has 2 aromatic rings. The van der Waals surface area contributed by atoms with E-state index in [1.54, 1.807) is 0 Å². The fourth-order valence-corrected chi connectivity index (χ4v) is 2.05. The summed E-state index contributed by atoms with van der Waals surface area (Å²) in [6, 6.07) is 18.7. The third-order valence-corrected chi connectivity index (χ3v) is 3.36. The molecule has 102 valence electrons. The van der Waals surface area contributed by atoms with E-state index in [1.165, 1.54) is 11.1 Å². The second kappa shape index (κ2) is 6.88. The maximum atomic E-state index is 4.47. The van der Waals surface area contributed by atoms with Crippen molar-refractivity contribution >= 4 is 17.1 Å². The van der Waals surface area contributed by atoms with Crippen molar-refractivity contribution in [3.63, 3.8) is 0 Å². The molecule has 2 aromatic carbocycles. The number of hydrogen-bond acceptors (Lipinski definition) is 1. The van der Waals surface area contributed by atoms with Crippen molar-refractivity contribution < 1.29 is 0 Å². The van der Waals surface area contributed by atoms with Crippen LogP contribution in [0, 0.1) is 0 Å². The van der Waals surface area contributed by atoms with Gasteiger partial charge >= 0.3 is 0 Å². The van der Waals surface area contributed by atoms with E-state index in [1.807, 2.05) is 18.2 Å². The number of benzene rings is 2. The predicted molar refractivity (Wildman–Crippen MR) is 87.8 cm³/mol. The largest absolute Gasteiger partial charge is 0.206 e. The van der Waals surface area contributed by atoms with Gasteiger partial charge in [-0.25, -0.2) is 4.99 Å². The average molecular weight is 263 g/mol. The summed E-state index contributed by atoms with van der Waals surface area (Å²) in [5.74, 6) is 3.75. The van der Waals surface area contributed by atoms with E-state index in [0.717, 1.165) is 17.7 Å². The van der Waals surface area contributed by atoms with Gasteiger partial charge in [0.05, 0.1) is 5.69 Å². The molecule has 0 atom stereocenters. The first kappa shape index (κ1) is 14.3. The average Bonchev–Trinajstić information content (AvgIpc) is 2.49. The molecule has 1 nitrogen and oxygen atoms in total. The maximum Gasteiger partial charge on any atom is 0.0730 e. The van der Waals surface area contributed by atoms with Gasteiger partial charge in [0.1, 0.15) is 0 Å². The zero-order valence-corrected chi connectivity index (χ0v) is 12.4. The van der Waals surface area contributed by atoms with E-state index in [4.69, 9.17) is 0 Å². The number of allylic oxidation sites excluding steroid dienone is 1. The standard InChI is InChI=1S/C19H21N/c1-4-16(18-8-6-5-7-9-18)14-20-19-12-10-17(11-13-19)15(2)3/h5-13,15H,4H2,1-3H3. The highest BCUT2D eigenvalue weighted by Crippen LogP contribution is 2.19. The lowest BCUT2D eigenvalue weighted by Gasteiger charge is -2.04. The summed E-state index contributed by atoms with van der Waals surface area (Å²) in [6.07, 6.45) is 0.928. The summed E-state index contributed by atoms with van der Waals surface area (Å²) in [6.45, 7) is 6.53. The van der Waals surface area contributed by atoms with Crippen LogP contribution < -0.4 is 0 Å². The van der Waals surface area contributed by atoms with Gasteiger partial charge in [-0.3, -0.25) is 0 Å². The molecule has 0 aromatic heterocycles. The van der Waals surface area contributed by atoms with E-state index in [0.29, 0.717) is 5.92 Å². The second-order valence-corrected chi connectivity index (χ2v) is 5.17. The molecule has 0 unspecified atom stereocenters. The van der Waals surface area contributed by atoms with Gasteiger partial charge in [0.15, 0.2) is 0 Å². The van der Waals surface area contributed by atoms with Crippen molar-refractivity contribution in [1.29, 1.82) is 0 Å². The van der Waals surface area contributed by atoms with E-state index in [2.05, 4.69) is 68.0 Å². The zero-order valence-electron chi connectivity index (χ0n) is 12.4. The molecule has 1 heteroatoms. The van der Waals surface area contributed by atoms with Gasteiger partial charge in [-0.15, -0.1) is 0 Å². The van der Waals surface area contributed by atoms with Crippen LogP contribution in [0.1, 0.15) is 44.2 Å². The van der Waals surface area contributed by atoms with Crippen LogP contribution in [0.3, 0.4) is 0 Å².